The summed E-state index contributed by atoms with van der Waals surface area (Å²) in [5.41, 5.74) is 4.72. The van der Waals surface area contributed by atoms with Crippen molar-refractivity contribution in [2.24, 2.45) is 5.10 Å². The number of furan rings is 1. The predicted octanol–water partition coefficient (Wildman–Crippen LogP) is 2.17. The zero-order valence-electron chi connectivity index (χ0n) is 12.0. The first-order chi connectivity index (χ1) is 11.1. The van der Waals surface area contributed by atoms with Gasteiger partial charge in [-0.3, -0.25) is 4.79 Å². The molecule has 2 aromatic heterocycles. The number of hydrazone groups is 1. The second-order valence-electron chi connectivity index (χ2n) is 4.55. The predicted molar refractivity (Wildman–Crippen MR) is 85.2 cm³/mol. The number of carbonyl (C=O) groups is 1. The highest BCUT2D eigenvalue weighted by Gasteiger charge is 2.10. The van der Waals surface area contributed by atoms with Gasteiger partial charge in [-0.1, -0.05) is 12.1 Å². The maximum Gasteiger partial charge on any atom is 0.307 e. The van der Waals surface area contributed by atoms with Crippen molar-refractivity contribution in [1.82, 2.24) is 25.6 Å². The van der Waals surface area contributed by atoms with E-state index >= 15 is 0 Å². The van der Waals surface area contributed by atoms with Gasteiger partial charge in [0, 0.05) is 0 Å². The smallest absolute Gasteiger partial charge is 0.307 e. The lowest BCUT2D eigenvalue weighted by Crippen LogP contribution is -2.18. The minimum Gasteiger partial charge on any atom is -0.444 e. The van der Waals surface area contributed by atoms with Crippen LogP contribution in [0.1, 0.15) is 23.0 Å². The highest BCUT2D eigenvalue weighted by molar-refractivity contribution is 9.10. The van der Waals surface area contributed by atoms with Gasteiger partial charge in [0.1, 0.15) is 6.33 Å². The molecule has 0 saturated heterocycles. The Morgan fingerprint density at radius 2 is 2.22 bits per heavy atom. The number of rotatable bonds is 4. The van der Waals surface area contributed by atoms with E-state index in [-0.39, 0.29) is 5.76 Å². The van der Waals surface area contributed by atoms with Crippen molar-refractivity contribution in [2.75, 3.05) is 0 Å². The number of amides is 1. The number of halogens is 1. The quantitative estimate of drug-likeness (QED) is 0.557. The molecule has 0 aliphatic heterocycles. The van der Waals surface area contributed by atoms with Crippen LogP contribution in [0.3, 0.4) is 0 Å². The first-order valence-corrected chi connectivity index (χ1v) is 7.36. The Bertz CT molecular complexity index is 856. The molecule has 23 heavy (non-hydrogen) atoms. The van der Waals surface area contributed by atoms with Crippen LogP contribution in [-0.2, 0) is 0 Å². The molecule has 1 amide bonds. The van der Waals surface area contributed by atoms with Crippen molar-refractivity contribution < 1.29 is 9.21 Å². The number of hydrogen-bond donors (Lipinski definition) is 1. The third-order valence-corrected chi connectivity index (χ3v) is 3.43. The first-order valence-electron chi connectivity index (χ1n) is 6.57. The van der Waals surface area contributed by atoms with Gasteiger partial charge < -0.3 is 4.42 Å². The third kappa shape index (κ3) is 3.51. The SMILES string of the molecule is C/C(=N/NC(=O)c1ccc(Br)o1)c1cccc(-n2cnnn2)c1. The molecule has 2 heterocycles. The van der Waals surface area contributed by atoms with E-state index in [0.717, 1.165) is 11.3 Å². The van der Waals surface area contributed by atoms with Crippen molar-refractivity contribution in [3.8, 4) is 5.69 Å². The molecular formula is C14H11BrN6O2. The zero-order chi connectivity index (χ0) is 16.2. The van der Waals surface area contributed by atoms with Crippen LogP contribution in [0.2, 0.25) is 0 Å². The lowest BCUT2D eigenvalue weighted by molar-refractivity contribution is 0.0926. The largest absolute Gasteiger partial charge is 0.444 e. The van der Waals surface area contributed by atoms with Crippen LogP contribution in [0.5, 0.6) is 0 Å². The van der Waals surface area contributed by atoms with Gasteiger partial charge in [-0.25, -0.2) is 10.1 Å². The fraction of sp³-hybridized carbons (Fsp3) is 0.0714. The zero-order valence-corrected chi connectivity index (χ0v) is 13.6. The topological polar surface area (TPSA) is 98.2 Å². The van der Waals surface area contributed by atoms with Crippen molar-refractivity contribution in [1.29, 1.82) is 0 Å². The number of aromatic nitrogens is 4. The van der Waals surface area contributed by atoms with E-state index in [4.69, 9.17) is 4.42 Å². The second kappa shape index (κ2) is 6.53. The van der Waals surface area contributed by atoms with Crippen molar-refractivity contribution in [3.05, 3.63) is 58.7 Å². The molecular weight excluding hydrogens is 364 g/mol. The maximum atomic E-state index is 11.9. The Hall–Kier alpha value is -2.81. The number of hydrogen-bond acceptors (Lipinski definition) is 6. The van der Waals surface area contributed by atoms with Gasteiger partial charge in [0.05, 0.1) is 11.4 Å². The van der Waals surface area contributed by atoms with Crippen molar-refractivity contribution in [3.63, 3.8) is 0 Å². The van der Waals surface area contributed by atoms with Crippen LogP contribution in [-0.4, -0.2) is 31.8 Å². The summed E-state index contributed by atoms with van der Waals surface area (Å²) >= 11 is 3.14. The first kappa shape index (κ1) is 15.1. The molecule has 0 aliphatic rings. The average molecular weight is 375 g/mol. The minimum absolute atomic E-state index is 0.177. The molecule has 3 aromatic rings. The van der Waals surface area contributed by atoms with Gasteiger partial charge in [-0.05, 0) is 63.1 Å². The maximum absolute atomic E-state index is 11.9. The minimum atomic E-state index is -0.424. The van der Waals surface area contributed by atoms with Gasteiger partial charge in [0.25, 0.3) is 0 Å². The van der Waals surface area contributed by atoms with Crippen LogP contribution in [0.25, 0.3) is 5.69 Å². The summed E-state index contributed by atoms with van der Waals surface area (Å²) < 4.78 is 7.18. The molecule has 0 saturated carbocycles. The molecule has 116 valence electrons. The number of tetrazole rings is 1. The van der Waals surface area contributed by atoms with Crippen molar-refractivity contribution >= 4 is 27.5 Å². The summed E-state index contributed by atoms with van der Waals surface area (Å²) in [6.07, 6.45) is 1.50. The monoisotopic (exact) mass is 374 g/mol. The second-order valence-corrected chi connectivity index (χ2v) is 5.33. The normalized spacial score (nSPS) is 11.5. The van der Waals surface area contributed by atoms with Gasteiger partial charge >= 0.3 is 5.91 Å². The highest BCUT2D eigenvalue weighted by Crippen LogP contribution is 2.14. The van der Waals surface area contributed by atoms with Gasteiger partial charge in [-0.2, -0.15) is 5.10 Å². The van der Waals surface area contributed by atoms with Crippen LogP contribution >= 0.6 is 15.9 Å². The summed E-state index contributed by atoms with van der Waals surface area (Å²) in [6, 6.07) is 10.7. The molecule has 0 fully saturated rings. The molecule has 0 atom stereocenters. The Morgan fingerprint density at radius 3 is 2.91 bits per heavy atom. The Balaban J connectivity index is 1.76. The number of benzene rings is 1. The van der Waals surface area contributed by atoms with E-state index in [9.17, 15) is 4.79 Å². The van der Waals surface area contributed by atoms with Crippen LogP contribution in [0.4, 0.5) is 0 Å². The molecule has 0 bridgehead atoms. The van der Waals surface area contributed by atoms with Crippen LogP contribution in [0, 0.1) is 0 Å². The van der Waals surface area contributed by atoms with Gasteiger partial charge in [-0.15, -0.1) is 5.10 Å². The molecule has 0 radical (unpaired) electrons. The summed E-state index contributed by atoms with van der Waals surface area (Å²) in [4.78, 5) is 11.9. The fourth-order valence-electron chi connectivity index (χ4n) is 1.84. The Morgan fingerprint density at radius 1 is 1.35 bits per heavy atom. The van der Waals surface area contributed by atoms with E-state index < -0.39 is 5.91 Å². The average Bonchev–Trinajstić information content (AvgIpc) is 3.24. The molecule has 8 nitrogen and oxygen atoms in total. The lowest BCUT2D eigenvalue weighted by atomic mass is 10.1. The van der Waals surface area contributed by atoms with Crippen LogP contribution in [0.15, 0.2) is 56.9 Å². The van der Waals surface area contributed by atoms with E-state index in [0.29, 0.717) is 10.4 Å². The summed E-state index contributed by atoms with van der Waals surface area (Å²) in [7, 11) is 0. The number of nitrogens with one attached hydrogen (secondary N) is 1. The fourth-order valence-corrected chi connectivity index (χ4v) is 2.15. The number of carbonyl (C=O) groups excluding carboxylic acids is 1. The van der Waals surface area contributed by atoms with Gasteiger partial charge in [0.2, 0.25) is 0 Å². The van der Waals surface area contributed by atoms with Crippen LogP contribution < -0.4 is 5.43 Å². The molecule has 1 N–H and O–H groups in total. The number of nitrogens with zero attached hydrogens (tertiary/aromatic N) is 5. The van der Waals surface area contributed by atoms with Crippen molar-refractivity contribution in [2.45, 2.75) is 6.92 Å². The Labute approximate surface area is 139 Å². The van der Waals surface area contributed by atoms with E-state index in [1.807, 2.05) is 24.3 Å². The van der Waals surface area contributed by atoms with E-state index in [2.05, 4.69) is 42.0 Å². The van der Waals surface area contributed by atoms with E-state index in [1.54, 1.807) is 19.1 Å². The lowest BCUT2D eigenvalue weighted by Gasteiger charge is -2.04. The molecule has 0 unspecified atom stereocenters. The molecule has 9 heteroatoms. The Kier molecular flexibility index (Phi) is 4.29. The summed E-state index contributed by atoms with van der Waals surface area (Å²) in [6.45, 7) is 1.79. The molecule has 0 spiro atoms. The molecule has 1 aromatic carbocycles. The van der Waals surface area contributed by atoms with Gasteiger partial charge in [0.15, 0.2) is 10.4 Å². The highest BCUT2D eigenvalue weighted by atomic mass is 79.9. The standard InChI is InChI=1S/C14H11BrN6O2/c1-9(17-18-14(22)12-5-6-13(15)23-12)10-3-2-4-11(7-10)21-8-16-19-20-21/h2-8H,1H3,(H,18,22)/b17-9-. The summed E-state index contributed by atoms with van der Waals surface area (Å²) in [5.74, 6) is -0.248. The molecule has 0 aliphatic carbocycles. The summed E-state index contributed by atoms with van der Waals surface area (Å²) in [5, 5.41) is 15.1. The van der Waals surface area contributed by atoms with E-state index in [1.165, 1.54) is 11.0 Å². The third-order valence-electron chi connectivity index (χ3n) is 3.00. The molecule has 3 rings (SSSR count).